The van der Waals surface area contributed by atoms with Crippen molar-refractivity contribution in [3.8, 4) is 5.75 Å². The molecular weight excluding hydrogens is 499 g/mol. The maximum absolute atomic E-state index is 12.6. The summed E-state index contributed by atoms with van der Waals surface area (Å²) >= 11 is 2.02. The Labute approximate surface area is 178 Å². The molecule has 154 valence electrons. The molecule has 1 N–H and O–H groups in total. The monoisotopic (exact) mass is 522 g/mol. The number of hydrogen-bond donors (Lipinski definition) is 1. The second-order valence-corrected chi connectivity index (χ2v) is 11.4. The molecular formula is C19H23IO7S. The molecule has 2 fully saturated rings. The standard InChI is InChI=1S/C19H23IO7S/c1-19(2,28(23,24)25)10-26-17(21)13-5-6-15(20)16(9-13)27-18(22)14-8-11-3-4-12(14)7-11/h5-6,9,11-12,14H,3-4,7-8,10H2,1-2H3,(H,23,24,25). The molecule has 0 radical (unpaired) electrons. The molecule has 7 nitrogen and oxygen atoms in total. The van der Waals surface area contributed by atoms with Crippen molar-refractivity contribution in [3.05, 3.63) is 27.3 Å². The highest BCUT2D eigenvalue weighted by Gasteiger charge is 2.44. The summed E-state index contributed by atoms with van der Waals surface area (Å²) in [7, 11) is -4.37. The third-order valence-corrected chi connectivity index (χ3v) is 8.07. The maximum atomic E-state index is 12.6. The van der Waals surface area contributed by atoms with Crippen molar-refractivity contribution in [2.24, 2.45) is 17.8 Å². The number of fused-ring (bicyclic) bond motifs is 2. The highest BCUT2D eigenvalue weighted by Crippen LogP contribution is 2.48. The fourth-order valence-electron chi connectivity index (χ4n) is 3.82. The van der Waals surface area contributed by atoms with Crippen molar-refractivity contribution in [3.63, 3.8) is 0 Å². The summed E-state index contributed by atoms with van der Waals surface area (Å²) in [6.45, 7) is 2.01. The minimum atomic E-state index is -4.37. The number of hydrogen-bond acceptors (Lipinski definition) is 6. The topological polar surface area (TPSA) is 107 Å². The lowest BCUT2D eigenvalue weighted by Crippen LogP contribution is -2.37. The minimum absolute atomic E-state index is 0.0827. The van der Waals surface area contributed by atoms with Crippen molar-refractivity contribution in [1.29, 1.82) is 0 Å². The predicted molar refractivity (Wildman–Crippen MR) is 110 cm³/mol. The first-order valence-electron chi connectivity index (χ1n) is 9.13. The average Bonchev–Trinajstić information content (AvgIpc) is 3.24. The summed E-state index contributed by atoms with van der Waals surface area (Å²) in [5, 5.41) is 0. The van der Waals surface area contributed by atoms with Crippen LogP contribution < -0.4 is 4.74 Å². The molecule has 3 unspecified atom stereocenters. The molecule has 3 rings (SSSR count). The lowest BCUT2D eigenvalue weighted by Gasteiger charge is -2.21. The third kappa shape index (κ3) is 4.51. The van der Waals surface area contributed by atoms with Gasteiger partial charge in [-0.05, 0) is 85.7 Å². The van der Waals surface area contributed by atoms with Crippen LogP contribution in [0.2, 0.25) is 0 Å². The van der Waals surface area contributed by atoms with E-state index in [1.807, 2.05) is 22.6 Å². The first kappa shape index (κ1) is 21.5. The van der Waals surface area contributed by atoms with Gasteiger partial charge in [0.1, 0.15) is 17.1 Å². The first-order valence-corrected chi connectivity index (χ1v) is 11.7. The number of carbonyl (C=O) groups is 2. The van der Waals surface area contributed by atoms with Crippen LogP contribution in [0.3, 0.4) is 0 Å². The smallest absolute Gasteiger partial charge is 0.338 e. The SMILES string of the molecule is CC(C)(COC(=O)c1ccc(I)c(OC(=O)C2CC3CCC2C3)c1)S(=O)(=O)O. The van der Waals surface area contributed by atoms with Crippen molar-refractivity contribution in [2.45, 2.75) is 44.3 Å². The van der Waals surface area contributed by atoms with E-state index in [4.69, 9.17) is 9.47 Å². The van der Waals surface area contributed by atoms with Gasteiger partial charge < -0.3 is 9.47 Å². The van der Waals surface area contributed by atoms with E-state index < -0.39 is 27.4 Å². The Morgan fingerprint density at radius 1 is 1.25 bits per heavy atom. The largest absolute Gasteiger partial charge is 0.460 e. The number of esters is 2. The molecule has 1 aromatic rings. The molecule has 2 saturated carbocycles. The molecule has 9 heteroatoms. The van der Waals surface area contributed by atoms with E-state index in [2.05, 4.69) is 0 Å². The molecule has 0 saturated heterocycles. The van der Waals surface area contributed by atoms with Gasteiger partial charge >= 0.3 is 11.9 Å². The normalized spacial score (nSPS) is 24.2. The molecule has 0 aliphatic heterocycles. The van der Waals surface area contributed by atoms with E-state index in [1.165, 1.54) is 32.4 Å². The number of carbonyl (C=O) groups excluding carboxylic acids is 2. The maximum Gasteiger partial charge on any atom is 0.338 e. The lowest BCUT2D eigenvalue weighted by molar-refractivity contribution is -0.140. The molecule has 0 heterocycles. The summed E-state index contributed by atoms with van der Waals surface area (Å²) in [5.41, 5.74) is 0.141. The molecule has 0 amide bonds. The summed E-state index contributed by atoms with van der Waals surface area (Å²) < 4.78 is 41.5. The fourth-order valence-corrected chi connectivity index (χ4v) is 4.48. The van der Waals surface area contributed by atoms with Gasteiger partial charge in [0.05, 0.1) is 15.1 Å². The number of halogens is 1. The van der Waals surface area contributed by atoms with Gasteiger partial charge in [-0.2, -0.15) is 8.42 Å². The van der Waals surface area contributed by atoms with Crippen LogP contribution in [-0.2, 0) is 19.6 Å². The summed E-state index contributed by atoms with van der Waals surface area (Å²) in [6.07, 6.45) is 4.21. The molecule has 2 bridgehead atoms. The zero-order valence-electron chi connectivity index (χ0n) is 15.7. The molecule has 3 atom stereocenters. The Morgan fingerprint density at radius 3 is 2.54 bits per heavy atom. The summed E-state index contributed by atoms with van der Waals surface area (Å²) in [5.74, 6) is 0.200. The van der Waals surface area contributed by atoms with Gasteiger partial charge in [0.2, 0.25) is 0 Å². The van der Waals surface area contributed by atoms with Crippen LogP contribution in [0.5, 0.6) is 5.75 Å². The fraction of sp³-hybridized carbons (Fsp3) is 0.579. The second-order valence-electron chi connectivity index (χ2n) is 8.16. The molecule has 0 aromatic heterocycles. The van der Waals surface area contributed by atoms with Crippen LogP contribution in [-0.4, -0.2) is 36.3 Å². The van der Waals surface area contributed by atoms with Gasteiger partial charge in [0.25, 0.3) is 10.1 Å². The zero-order valence-corrected chi connectivity index (χ0v) is 18.7. The highest BCUT2D eigenvalue weighted by atomic mass is 127. The average molecular weight is 522 g/mol. The zero-order chi connectivity index (χ0) is 20.7. The Hall–Kier alpha value is -1.20. The van der Waals surface area contributed by atoms with Crippen LogP contribution >= 0.6 is 22.6 Å². The van der Waals surface area contributed by atoms with E-state index in [0.29, 0.717) is 15.4 Å². The number of rotatable bonds is 6. The van der Waals surface area contributed by atoms with Gasteiger partial charge in [-0.25, -0.2) is 4.79 Å². The van der Waals surface area contributed by atoms with Crippen LogP contribution in [0.1, 0.15) is 49.9 Å². The molecule has 1 aromatic carbocycles. The van der Waals surface area contributed by atoms with Crippen molar-refractivity contribution in [2.75, 3.05) is 6.61 Å². The van der Waals surface area contributed by atoms with Gasteiger partial charge in [0, 0.05) is 0 Å². The van der Waals surface area contributed by atoms with E-state index in [-0.39, 0.29) is 23.2 Å². The lowest BCUT2D eigenvalue weighted by atomic mass is 9.89. The van der Waals surface area contributed by atoms with E-state index in [1.54, 1.807) is 6.07 Å². The Kier molecular flexibility index (Phi) is 6.07. The Bertz CT molecular complexity index is 894. The van der Waals surface area contributed by atoms with Crippen LogP contribution in [0.15, 0.2) is 18.2 Å². The van der Waals surface area contributed by atoms with Gasteiger partial charge in [-0.1, -0.05) is 6.42 Å². The highest BCUT2D eigenvalue weighted by molar-refractivity contribution is 14.1. The quantitative estimate of drug-likeness (QED) is 0.264. The van der Waals surface area contributed by atoms with Crippen molar-refractivity contribution >= 4 is 44.6 Å². The van der Waals surface area contributed by atoms with Crippen LogP contribution in [0.25, 0.3) is 0 Å². The minimum Gasteiger partial charge on any atom is -0.460 e. The second kappa shape index (κ2) is 7.91. The first-order chi connectivity index (χ1) is 13.0. The van der Waals surface area contributed by atoms with Crippen LogP contribution in [0.4, 0.5) is 0 Å². The number of ether oxygens (including phenoxy) is 2. The van der Waals surface area contributed by atoms with Crippen molar-refractivity contribution in [1.82, 2.24) is 0 Å². The molecule has 2 aliphatic rings. The van der Waals surface area contributed by atoms with E-state index >= 15 is 0 Å². The predicted octanol–water partition coefficient (Wildman–Crippen LogP) is 3.46. The van der Waals surface area contributed by atoms with Gasteiger partial charge in [-0.3, -0.25) is 9.35 Å². The van der Waals surface area contributed by atoms with Gasteiger partial charge in [0.15, 0.2) is 0 Å². The molecule has 2 aliphatic carbocycles. The Balaban J connectivity index is 1.67. The summed E-state index contributed by atoms with van der Waals surface area (Å²) in [4.78, 5) is 24.9. The Morgan fingerprint density at radius 2 is 1.96 bits per heavy atom. The van der Waals surface area contributed by atoms with Gasteiger partial charge in [-0.15, -0.1) is 0 Å². The van der Waals surface area contributed by atoms with E-state index in [9.17, 15) is 22.6 Å². The third-order valence-electron chi connectivity index (χ3n) is 5.67. The molecule has 28 heavy (non-hydrogen) atoms. The number of benzene rings is 1. The van der Waals surface area contributed by atoms with E-state index in [0.717, 1.165) is 19.3 Å². The van der Waals surface area contributed by atoms with Crippen molar-refractivity contribution < 1.29 is 32.0 Å². The summed E-state index contributed by atoms with van der Waals surface area (Å²) in [6, 6.07) is 4.57. The molecule has 0 spiro atoms. The van der Waals surface area contributed by atoms with Crippen LogP contribution in [0, 0.1) is 21.3 Å².